The molecule has 0 N–H and O–H groups in total. The van der Waals surface area contributed by atoms with Crippen molar-refractivity contribution in [1.82, 2.24) is 9.97 Å². The topological polar surface area (TPSA) is 25.8 Å². The van der Waals surface area contributed by atoms with Crippen molar-refractivity contribution in [2.75, 3.05) is 0 Å². The van der Waals surface area contributed by atoms with E-state index in [1.807, 2.05) is 12.1 Å². The second kappa shape index (κ2) is 4.26. The zero-order valence-electron chi connectivity index (χ0n) is 7.08. The van der Waals surface area contributed by atoms with Gasteiger partial charge in [0.05, 0.1) is 10.8 Å². The third kappa shape index (κ3) is 1.90. The van der Waals surface area contributed by atoms with Crippen LogP contribution in [0.2, 0.25) is 5.15 Å². The molecule has 2 aromatic heterocycles. The zero-order valence-corrected chi connectivity index (χ0v) is 9.40. The maximum atomic E-state index is 5.95. The predicted octanol–water partition coefficient (Wildman–Crippen LogP) is 3.60. The van der Waals surface area contributed by atoms with E-state index >= 15 is 0 Å². The number of rotatable bonds is 2. The van der Waals surface area contributed by atoms with E-state index in [1.54, 1.807) is 12.4 Å². The van der Waals surface area contributed by atoms with E-state index < -0.39 is 0 Å². The third-order valence-corrected chi connectivity index (χ3v) is 3.44. The zero-order chi connectivity index (χ0) is 9.97. The summed E-state index contributed by atoms with van der Waals surface area (Å²) in [4.78, 5) is 9.15. The lowest BCUT2D eigenvalue weighted by molar-refractivity contribution is 1.26. The van der Waals surface area contributed by atoms with E-state index in [1.165, 1.54) is 11.3 Å². The van der Waals surface area contributed by atoms with Gasteiger partial charge in [-0.1, -0.05) is 11.6 Å². The van der Waals surface area contributed by atoms with E-state index in [-0.39, 0.29) is 0 Å². The number of hydrogen-bond acceptors (Lipinski definition) is 3. The Morgan fingerprint density at radius 3 is 2.86 bits per heavy atom. The van der Waals surface area contributed by atoms with Gasteiger partial charge < -0.3 is 0 Å². The first kappa shape index (κ1) is 9.90. The number of nitrogens with zero attached hydrogens (tertiary/aromatic N) is 2. The van der Waals surface area contributed by atoms with Gasteiger partial charge in [-0.15, -0.1) is 22.9 Å². The summed E-state index contributed by atoms with van der Waals surface area (Å²) in [5, 5.41) is 1.39. The molecule has 2 heterocycles. The van der Waals surface area contributed by atoms with E-state index in [0.29, 0.717) is 11.0 Å². The average molecular weight is 245 g/mol. The number of hydrogen-bond donors (Lipinski definition) is 0. The minimum absolute atomic E-state index is 0.433. The molecule has 2 nitrogen and oxygen atoms in total. The van der Waals surface area contributed by atoms with Gasteiger partial charge in [-0.2, -0.15) is 0 Å². The van der Waals surface area contributed by atoms with Crippen LogP contribution in [0.4, 0.5) is 0 Å². The maximum Gasteiger partial charge on any atom is 0.137 e. The first-order valence-corrected chi connectivity index (χ1v) is 5.65. The standard InChI is InChI=1S/C9H6Cl2N2S/c10-4-8-13-5-7(14-8)6-2-1-3-12-9(6)11/h1-3,5H,4H2. The summed E-state index contributed by atoms with van der Waals surface area (Å²) in [6, 6.07) is 3.77. The van der Waals surface area contributed by atoms with Crippen LogP contribution in [0.1, 0.15) is 5.01 Å². The Balaban J connectivity index is 2.44. The van der Waals surface area contributed by atoms with Gasteiger partial charge in [0, 0.05) is 18.0 Å². The molecule has 0 atom stereocenters. The minimum atomic E-state index is 0.433. The molecule has 0 radical (unpaired) electrons. The number of halogens is 2. The van der Waals surface area contributed by atoms with Crippen LogP contribution >= 0.6 is 34.5 Å². The summed E-state index contributed by atoms with van der Waals surface area (Å²) in [5.74, 6) is 0.433. The van der Waals surface area contributed by atoms with E-state index in [9.17, 15) is 0 Å². The van der Waals surface area contributed by atoms with Gasteiger partial charge in [0.25, 0.3) is 0 Å². The monoisotopic (exact) mass is 244 g/mol. The molecule has 0 saturated carbocycles. The third-order valence-electron chi connectivity index (χ3n) is 1.69. The van der Waals surface area contributed by atoms with Gasteiger partial charge in [-0.05, 0) is 12.1 Å². The quantitative estimate of drug-likeness (QED) is 0.596. The van der Waals surface area contributed by atoms with Crippen molar-refractivity contribution in [3.05, 3.63) is 34.7 Å². The molecule has 0 spiro atoms. The summed E-state index contributed by atoms with van der Waals surface area (Å²) in [6.45, 7) is 0. The van der Waals surface area contributed by atoms with Crippen LogP contribution in [0.15, 0.2) is 24.5 Å². The van der Waals surface area contributed by atoms with Crippen LogP contribution < -0.4 is 0 Å². The van der Waals surface area contributed by atoms with Crippen molar-refractivity contribution < 1.29 is 0 Å². The Morgan fingerprint density at radius 1 is 1.36 bits per heavy atom. The normalized spacial score (nSPS) is 10.4. The average Bonchev–Trinajstić information content (AvgIpc) is 2.67. The summed E-state index contributed by atoms with van der Waals surface area (Å²) >= 11 is 13.1. The van der Waals surface area contributed by atoms with E-state index in [4.69, 9.17) is 23.2 Å². The number of pyridine rings is 1. The molecule has 0 aliphatic rings. The summed E-state index contributed by atoms with van der Waals surface area (Å²) in [6.07, 6.45) is 3.43. The second-order valence-electron chi connectivity index (χ2n) is 2.59. The van der Waals surface area contributed by atoms with Crippen LogP contribution in [-0.4, -0.2) is 9.97 Å². The number of aromatic nitrogens is 2. The fourth-order valence-corrected chi connectivity index (χ4v) is 2.37. The molecule has 2 rings (SSSR count). The number of thiazole rings is 1. The Labute approximate surface area is 95.5 Å². The molecule has 5 heteroatoms. The highest BCUT2D eigenvalue weighted by Crippen LogP contribution is 2.30. The van der Waals surface area contributed by atoms with Crippen molar-refractivity contribution in [2.45, 2.75) is 5.88 Å². The molecule has 0 aliphatic carbocycles. The van der Waals surface area contributed by atoms with Crippen molar-refractivity contribution >= 4 is 34.5 Å². The lowest BCUT2D eigenvalue weighted by Gasteiger charge is -1.97. The largest absolute Gasteiger partial charge is 0.248 e. The maximum absolute atomic E-state index is 5.95. The van der Waals surface area contributed by atoms with Gasteiger partial charge >= 0.3 is 0 Å². The molecule has 0 unspecified atom stereocenters. The van der Waals surface area contributed by atoms with Crippen LogP contribution in [-0.2, 0) is 5.88 Å². The Bertz CT molecular complexity index is 442. The SMILES string of the molecule is ClCc1ncc(-c2cccnc2Cl)s1. The van der Waals surface area contributed by atoms with Gasteiger partial charge in [0.1, 0.15) is 10.2 Å². The molecule has 0 amide bonds. The fraction of sp³-hybridized carbons (Fsp3) is 0.111. The Kier molecular flexibility index (Phi) is 3.01. The van der Waals surface area contributed by atoms with Crippen LogP contribution in [0.5, 0.6) is 0 Å². The fourth-order valence-electron chi connectivity index (χ4n) is 1.07. The van der Waals surface area contributed by atoms with Crippen LogP contribution in [0, 0.1) is 0 Å². The van der Waals surface area contributed by atoms with Gasteiger partial charge in [0.15, 0.2) is 0 Å². The molecular formula is C9H6Cl2N2S. The number of alkyl halides is 1. The van der Waals surface area contributed by atoms with Crippen LogP contribution in [0.25, 0.3) is 10.4 Å². The minimum Gasteiger partial charge on any atom is -0.248 e. The molecule has 0 aliphatic heterocycles. The first-order valence-electron chi connectivity index (χ1n) is 3.93. The first-order chi connectivity index (χ1) is 6.81. The smallest absolute Gasteiger partial charge is 0.137 e. The molecular weight excluding hydrogens is 239 g/mol. The van der Waals surface area contributed by atoms with Crippen molar-refractivity contribution in [1.29, 1.82) is 0 Å². The van der Waals surface area contributed by atoms with Gasteiger partial charge in [-0.25, -0.2) is 9.97 Å². The highest BCUT2D eigenvalue weighted by atomic mass is 35.5. The molecule has 0 aromatic carbocycles. The predicted molar refractivity (Wildman–Crippen MR) is 59.9 cm³/mol. The van der Waals surface area contributed by atoms with Crippen molar-refractivity contribution in [3.63, 3.8) is 0 Å². The summed E-state index contributed by atoms with van der Waals surface area (Å²) in [7, 11) is 0. The second-order valence-corrected chi connectivity index (χ2v) is 4.33. The Morgan fingerprint density at radius 2 is 2.21 bits per heavy atom. The molecule has 0 saturated heterocycles. The van der Waals surface area contributed by atoms with Crippen LogP contribution in [0.3, 0.4) is 0 Å². The van der Waals surface area contributed by atoms with Gasteiger partial charge in [-0.3, -0.25) is 0 Å². The molecule has 2 aromatic rings. The highest BCUT2D eigenvalue weighted by molar-refractivity contribution is 7.15. The van der Waals surface area contributed by atoms with E-state index in [0.717, 1.165) is 15.4 Å². The van der Waals surface area contributed by atoms with Crippen molar-refractivity contribution in [3.8, 4) is 10.4 Å². The van der Waals surface area contributed by atoms with Crippen molar-refractivity contribution in [2.24, 2.45) is 0 Å². The Hall–Kier alpha value is -0.640. The van der Waals surface area contributed by atoms with E-state index in [2.05, 4.69) is 9.97 Å². The summed E-state index contributed by atoms with van der Waals surface area (Å²) < 4.78 is 0. The molecule has 0 bridgehead atoms. The molecule has 72 valence electrons. The molecule has 14 heavy (non-hydrogen) atoms. The lowest BCUT2D eigenvalue weighted by atomic mass is 10.2. The highest BCUT2D eigenvalue weighted by Gasteiger charge is 2.07. The van der Waals surface area contributed by atoms with Gasteiger partial charge in [0.2, 0.25) is 0 Å². The summed E-state index contributed by atoms with van der Waals surface area (Å²) in [5.41, 5.74) is 0.906. The molecule has 0 fully saturated rings. The lowest BCUT2D eigenvalue weighted by Crippen LogP contribution is -1.77.